The fraction of sp³-hybridized carbons (Fsp3) is 0.222. The van der Waals surface area contributed by atoms with E-state index in [1.54, 1.807) is 39.0 Å². The van der Waals surface area contributed by atoms with Gasteiger partial charge in [-0.1, -0.05) is 0 Å². The van der Waals surface area contributed by atoms with Crippen LogP contribution in [0.1, 0.15) is 0 Å². The largest absolute Gasteiger partial charge is 0.493 e. The van der Waals surface area contributed by atoms with Gasteiger partial charge in [-0.2, -0.15) is 0 Å². The summed E-state index contributed by atoms with van der Waals surface area (Å²) in [5.41, 5.74) is 2.64. The lowest BCUT2D eigenvalue weighted by Crippen LogP contribution is -2.50. The van der Waals surface area contributed by atoms with Crippen molar-refractivity contribution in [2.75, 3.05) is 55.3 Å². The molecular weight excluding hydrogens is 546 g/mol. The van der Waals surface area contributed by atoms with E-state index in [1.807, 2.05) is 36.4 Å². The molecule has 0 bridgehead atoms. The summed E-state index contributed by atoms with van der Waals surface area (Å²) in [6, 6.07) is 13.8. The van der Waals surface area contributed by atoms with Crippen molar-refractivity contribution in [2.45, 2.75) is 4.90 Å². The van der Waals surface area contributed by atoms with Gasteiger partial charge in [-0.15, -0.1) is 0 Å². The zero-order chi connectivity index (χ0) is 27.5. The standard InChI is InChI=1S/C27H27N9O2S2/c1-37-21-14-19-20(15-22(21)38-2)33-24-23(19)25(31-16-30-24)35-10-12-36(13-11-35)27(39)32-17-4-6-18(7-5-17)40-34-26-28-8-3-9-29-26/h3-9,14-16H,10-13H2,1-2H3,(H,32,39)(H,28,29,34)(H,30,31,33). The van der Waals surface area contributed by atoms with E-state index in [9.17, 15) is 0 Å². The van der Waals surface area contributed by atoms with Gasteiger partial charge in [0.05, 0.1) is 25.1 Å². The van der Waals surface area contributed by atoms with Crippen LogP contribution in [0.3, 0.4) is 0 Å². The average molecular weight is 574 g/mol. The first kappa shape index (κ1) is 25.9. The molecule has 3 aromatic heterocycles. The molecule has 1 aliphatic rings. The zero-order valence-electron chi connectivity index (χ0n) is 21.9. The number of piperazine rings is 1. The van der Waals surface area contributed by atoms with Crippen LogP contribution in [0.25, 0.3) is 21.9 Å². The molecule has 0 amide bonds. The Balaban J connectivity index is 1.10. The Morgan fingerprint density at radius 1 is 0.950 bits per heavy atom. The van der Waals surface area contributed by atoms with Crippen LogP contribution in [0.2, 0.25) is 0 Å². The van der Waals surface area contributed by atoms with E-state index in [-0.39, 0.29) is 0 Å². The molecule has 13 heteroatoms. The van der Waals surface area contributed by atoms with Crippen molar-refractivity contribution in [3.8, 4) is 11.5 Å². The van der Waals surface area contributed by atoms with Crippen molar-refractivity contribution in [3.63, 3.8) is 0 Å². The summed E-state index contributed by atoms with van der Waals surface area (Å²) in [4.78, 5) is 26.4. The molecule has 204 valence electrons. The van der Waals surface area contributed by atoms with Gasteiger partial charge in [-0.3, -0.25) is 4.72 Å². The Morgan fingerprint density at radius 3 is 2.40 bits per heavy atom. The Hall–Kier alpha value is -4.36. The second-order valence-electron chi connectivity index (χ2n) is 9.00. The highest BCUT2D eigenvalue weighted by molar-refractivity contribution is 8.00. The van der Waals surface area contributed by atoms with Crippen LogP contribution in [0, 0.1) is 0 Å². The number of H-pyrrole nitrogens is 1. The van der Waals surface area contributed by atoms with Crippen LogP contribution in [0.5, 0.6) is 11.5 Å². The topological polar surface area (TPSA) is 116 Å². The molecule has 2 aromatic carbocycles. The number of nitrogens with zero attached hydrogens (tertiary/aromatic N) is 6. The molecule has 0 saturated carbocycles. The number of aromatic nitrogens is 5. The summed E-state index contributed by atoms with van der Waals surface area (Å²) in [5.74, 6) is 2.80. The number of nitrogens with one attached hydrogen (secondary N) is 3. The second kappa shape index (κ2) is 11.4. The van der Waals surface area contributed by atoms with E-state index in [2.05, 4.69) is 44.8 Å². The molecule has 0 atom stereocenters. The third-order valence-corrected chi connectivity index (χ3v) is 7.82. The van der Waals surface area contributed by atoms with Gasteiger partial charge in [0.1, 0.15) is 17.8 Å². The predicted molar refractivity (Wildman–Crippen MR) is 162 cm³/mol. The van der Waals surface area contributed by atoms with Crippen molar-refractivity contribution in [2.24, 2.45) is 0 Å². The molecule has 1 aliphatic heterocycles. The monoisotopic (exact) mass is 573 g/mol. The van der Waals surface area contributed by atoms with Gasteiger partial charge in [0.15, 0.2) is 16.6 Å². The number of ether oxygens (including phenoxy) is 2. The Morgan fingerprint density at radius 2 is 1.68 bits per heavy atom. The summed E-state index contributed by atoms with van der Waals surface area (Å²) in [6.45, 7) is 3.09. The molecule has 0 unspecified atom stereocenters. The van der Waals surface area contributed by atoms with Crippen molar-refractivity contribution in [1.29, 1.82) is 0 Å². The van der Waals surface area contributed by atoms with Gasteiger partial charge in [0.25, 0.3) is 0 Å². The van der Waals surface area contributed by atoms with E-state index >= 15 is 0 Å². The van der Waals surface area contributed by atoms with Crippen LogP contribution in [-0.2, 0) is 0 Å². The average Bonchev–Trinajstić information content (AvgIpc) is 3.38. The quantitative estimate of drug-likeness (QED) is 0.187. The fourth-order valence-electron chi connectivity index (χ4n) is 4.66. The van der Waals surface area contributed by atoms with Crippen molar-refractivity contribution >= 4 is 68.7 Å². The van der Waals surface area contributed by atoms with E-state index < -0.39 is 0 Å². The lowest BCUT2D eigenvalue weighted by atomic mass is 10.1. The Labute approximate surface area is 240 Å². The van der Waals surface area contributed by atoms with Crippen LogP contribution < -0.4 is 24.4 Å². The highest BCUT2D eigenvalue weighted by Crippen LogP contribution is 2.38. The second-order valence-corrected chi connectivity index (χ2v) is 10.3. The zero-order valence-corrected chi connectivity index (χ0v) is 23.6. The lowest BCUT2D eigenvalue weighted by molar-refractivity contribution is 0.356. The summed E-state index contributed by atoms with van der Waals surface area (Å²) in [6.07, 6.45) is 5.01. The van der Waals surface area contributed by atoms with Gasteiger partial charge in [-0.05, 0) is 60.6 Å². The summed E-state index contributed by atoms with van der Waals surface area (Å²) >= 11 is 7.20. The maximum atomic E-state index is 5.74. The van der Waals surface area contributed by atoms with Gasteiger partial charge < -0.3 is 29.6 Å². The molecule has 5 aromatic rings. The van der Waals surface area contributed by atoms with Crippen molar-refractivity contribution < 1.29 is 9.47 Å². The first-order chi connectivity index (χ1) is 19.6. The van der Waals surface area contributed by atoms with Crippen LogP contribution in [-0.4, -0.2) is 75.3 Å². The number of aromatic amines is 1. The molecular formula is C27H27N9O2S2. The minimum Gasteiger partial charge on any atom is -0.493 e. The first-order valence-corrected chi connectivity index (χ1v) is 13.8. The highest BCUT2D eigenvalue weighted by atomic mass is 32.2. The number of benzene rings is 2. The third-order valence-electron chi connectivity index (χ3n) is 6.67. The molecule has 0 aliphatic carbocycles. The predicted octanol–water partition coefficient (Wildman–Crippen LogP) is 4.56. The van der Waals surface area contributed by atoms with E-state index in [0.29, 0.717) is 22.6 Å². The normalized spacial score (nSPS) is 13.4. The number of methoxy groups -OCH3 is 2. The molecule has 0 spiro atoms. The Bertz CT molecular complexity index is 1640. The lowest BCUT2D eigenvalue weighted by Gasteiger charge is -2.37. The fourth-order valence-corrected chi connectivity index (χ4v) is 5.55. The molecule has 40 heavy (non-hydrogen) atoms. The molecule has 3 N–H and O–H groups in total. The van der Waals surface area contributed by atoms with Gasteiger partial charge in [-0.25, -0.2) is 19.9 Å². The maximum absolute atomic E-state index is 5.74. The highest BCUT2D eigenvalue weighted by Gasteiger charge is 2.24. The summed E-state index contributed by atoms with van der Waals surface area (Å²) in [5, 5.41) is 6.04. The molecule has 1 fully saturated rings. The number of thiocarbonyl (C=S) groups is 1. The van der Waals surface area contributed by atoms with E-state index in [1.165, 1.54) is 11.9 Å². The molecule has 11 nitrogen and oxygen atoms in total. The van der Waals surface area contributed by atoms with Gasteiger partial charge in [0, 0.05) is 60.6 Å². The van der Waals surface area contributed by atoms with E-state index in [0.717, 1.165) is 64.5 Å². The molecule has 4 heterocycles. The van der Waals surface area contributed by atoms with Crippen molar-refractivity contribution in [1.82, 2.24) is 29.8 Å². The van der Waals surface area contributed by atoms with Crippen LogP contribution >= 0.6 is 24.2 Å². The SMILES string of the molecule is COc1cc2[nH]c3ncnc(N4CCN(C(=S)Nc5ccc(SNc6ncccn6)cc5)CC4)c3c2cc1OC. The molecule has 1 saturated heterocycles. The number of hydrogen-bond donors (Lipinski definition) is 3. The minimum atomic E-state index is 0.572. The first-order valence-electron chi connectivity index (χ1n) is 12.6. The van der Waals surface area contributed by atoms with Crippen molar-refractivity contribution in [3.05, 3.63) is 61.2 Å². The van der Waals surface area contributed by atoms with Gasteiger partial charge in [0.2, 0.25) is 5.95 Å². The number of fused-ring (bicyclic) bond motifs is 3. The minimum absolute atomic E-state index is 0.572. The third kappa shape index (κ3) is 5.25. The summed E-state index contributed by atoms with van der Waals surface area (Å²) in [7, 11) is 3.27. The van der Waals surface area contributed by atoms with Gasteiger partial charge >= 0.3 is 0 Å². The maximum Gasteiger partial charge on any atom is 0.233 e. The van der Waals surface area contributed by atoms with Crippen LogP contribution in [0.4, 0.5) is 17.5 Å². The number of hydrogen-bond acceptors (Lipinski definition) is 10. The smallest absolute Gasteiger partial charge is 0.233 e. The number of rotatable bonds is 7. The molecule has 0 radical (unpaired) electrons. The Kier molecular flexibility index (Phi) is 7.38. The van der Waals surface area contributed by atoms with E-state index in [4.69, 9.17) is 21.7 Å². The van der Waals surface area contributed by atoms with Crippen LogP contribution in [0.15, 0.2) is 66.1 Å². The number of anilines is 3. The molecule has 6 rings (SSSR count). The summed E-state index contributed by atoms with van der Waals surface area (Å²) < 4.78 is 14.2.